The van der Waals surface area contributed by atoms with Gasteiger partial charge in [-0.3, -0.25) is 9.59 Å². The normalized spacial score (nSPS) is 16.8. The molecule has 1 aliphatic rings. The third-order valence-corrected chi connectivity index (χ3v) is 7.89. The summed E-state index contributed by atoms with van der Waals surface area (Å²) >= 11 is 0. The average Bonchev–Trinajstić information content (AvgIpc) is 3.10. The zero-order chi connectivity index (χ0) is 39.7. The van der Waals surface area contributed by atoms with Crippen molar-refractivity contribution in [1.29, 1.82) is 0 Å². The van der Waals surface area contributed by atoms with Gasteiger partial charge in [-0.15, -0.1) is 0 Å². The Morgan fingerprint density at radius 1 is 0.574 bits per heavy atom. The molecule has 14 nitrogen and oxygen atoms in total. The summed E-state index contributed by atoms with van der Waals surface area (Å²) in [5.41, 5.74) is -0.0678. The van der Waals surface area contributed by atoms with Crippen LogP contribution in [0.15, 0.2) is 60.7 Å². The highest BCUT2D eigenvalue weighted by Gasteiger charge is 2.31. The Morgan fingerprint density at radius 3 is 1.22 bits per heavy atom. The first-order valence-corrected chi connectivity index (χ1v) is 18.2. The molecular formula is C40H54N2O12. The monoisotopic (exact) mass is 754 g/mol. The van der Waals surface area contributed by atoms with Crippen LogP contribution in [0.3, 0.4) is 0 Å². The minimum absolute atomic E-state index is 0.00468. The van der Waals surface area contributed by atoms with E-state index in [2.05, 4.69) is 10.6 Å². The number of rotatable bonds is 16. The fraction of sp³-hybridized carbons (Fsp3) is 0.550. The molecule has 2 amide bonds. The molecule has 0 unspecified atom stereocenters. The summed E-state index contributed by atoms with van der Waals surface area (Å²) in [7, 11) is 0. The highest BCUT2D eigenvalue weighted by molar-refractivity contribution is 5.83. The zero-order valence-electron chi connectivity index (χ0n) is 32.1. The highest BCUT2D eigenvalue weighted by atomic mass is 16.6. The lowest BCUT2D eigenvalue weighted by molar-refractivity contribution is -0.159. The van der Waals surface area contributed by atoms with Crippen LogP contribution in [0.4, 0.5) is 9.59 Å². The molecule has 0 spiro atoms. The zero-order valence-corrected chi connectivity index (χ0v) is 32.1. The van der Waals surface area contributed by atoms with Crippen LogP contribution in [0, 0.1) is 0 Å². The van der Waals surface area contributed by atoms with Gasteiger partial charge >= 0.3 is 36.1 Å². The number of carbonyl (C=O) groups excluding carboxylic acids is 6. The molecule has 0 aliphatic heterocycles. The Labute approximate surface area is 316 Å². The Balaban J connectivity index is 1.45. The van der Waals surface area contributed by atoms with E-state index in [4.69, 9.17) is 28.4 Å². The maximum atomic E-state index is 12.9. The van der Waals surface area contributed by atoms with Crippen LogP contribution in [0.1, 0.15) is 104 Å². The van der Waals surface area contributed by atoms with Crippen LogP contribution >= 0.6 is 0 Å². The number of amides is 2. The number of alkyl carbamates (subject to hydrolysis) is 2. The first kappa shape index (κ1) is 43.3. The van der Waals surface area contributed by atoms with Gasteiger partial charge in [0, 0.05) is 12.8 Å². The van der Waals surface area contributed by atoms with E-state index >= 15 is 0 Å². The third kappa shape index (κ3) is 17.6. The molecule has 54 heavy (non-hydrogen) atoms. The maximum Gasteiger partial charge on any atom is 0.408 e. The van der Waals surface area contributed by atoms with Gasteiger partial charge in [-0.1, -0.05) is 60.7 Å². The highest BCUT2D eigenvalue weighted by Crippen LogP contribution is 2.25. The predicted octanol–water partition coefficient (Wildman–Crippen LogP) is 6.22. The van der Waals surface area contributed by atoms with E-state index < -0.39 is 71.6 Å². The number of benzene rings is 2. The number of ether oxygens (including phenoxy) is 6. The van der Waals surface area contributed by atoms with Crippen molar-refractivity contribution in [1.82, 2.24) is 10.6 Å². The van der Waals surface area contributed by atoms with Crippen LogP contribution in [-0.2, 0) is 60.8 Å². The fourth-order valence-corrected chi connectivity index (χ4v) is 5.34. The fourth-order valence-electron chi connectivity index (χ4n) is 5.34. The van der Waals surface area contributed by atoms with Gasteiger partial charge in [-0.05, 0) is 91.2 Å². The molecule has 3 rings (SSSR count). The van der Waals surface area contributed by atoms with E-state index in [1.807, 2.05) is 36.4 Å². The average molecular weight is 755 g/mol. The van der Waals surface area contributed by atoms with Gasteiger partial charge in [-0.25, -0.2) is 19.2 Å². The SMILES string of the molecule is CC(C)(C)OC(=O)N[C@@H](CCC(=O)OC1CCC(OC(=O)CC[C@H](NC(=O)OC(C)(C)C)C(=O)OCc2ccccc2)CC1)C(=O)OCc1ccccc1. The third-order valence-electron chi connectivity index (χ3n) is 7.89. The lowest BCUT2D eigenvalue weighted by Crippen LogP contribution is -2.44. The predicted molar refractivity (Wildman–Crippen MR) is 195 cm³/mol. The second-order valence-electron chi connectivity index (χ2n) is 15.0. The lowest BCUT2D eigenvalue weighted by atomic mass is 9.95. The molecule has 14 heteroatoms. The molecule has 296 valence electrons. The second kappa shape index (κ2) is 20.9. The summed E-state index contributed by atoms with van der Waals surface area (Å²) in [6.07, 6.45) is -1.17. The molecule has 1 fully saturated rings. The van der Waals surface area contributed by atoms with Crippen LogP contribution in [0.5, 0.6) is 0 Å². The Bertz CT molecular complexity index is 1410. The van der Waals surface area contributed by atoms with Crippen molar-refractivity contribution in [3.05, 3.63) is 71.8 Å². The van der Waals surface area contributed by atoms with Gasteiger partial charge in [0.1, 0.15) is 48.7 Å². The first-order valence-electron chi connectivity index (χ1n) is 18.2. The molecule has 0 aromatic heterocycles. The summed E-state index contributed by atoms with van der Waals surface area (Å²) in [5, 5.41) is 5.00. The number of carbonyl (C=O) groups is 6. The van der Waals surface area contributed by atoms with Gasteiger partial charge in [0.05, 0.1) is 0 Å². The maximum absolute atomic E-state index is 12.9. The van der Waals surface area contributed by atoms with E-state index in [-0.39, 0.29) is 38.9 Å². The molecule has 0 radical (unpaired) electrons. The van der Waals surface area contributed by atoms with Crippen molar-refractivity contribution >= 4 is 36.1 Å². The van der Waals surface area contributed by atoms with Crippen LogP contribution in [0.2, 0.25) is 0 Å². The molecule has 2 aromatic rings. The quantitative estimate of drug-likeness (QED) is 0.146. The molecule has 1 saturated carbocycles. The van der Waals surface area contributed by atoms with Crippen molar-refractivity contribution in [2.45, 2.75) is 142 Å². The lowest BCUT2D eigenvalue weighted by Gasteiger charge is -2.28. The number of hydrogen-bond acceptors (Lipinski definition) is 12. The van der Waals surface area contributed by atoms with Crippen LogP contribution in [0.25, 0.3) is 0 Å². The van der Waals surface area contributed by atoms with Crippen molar-refractivity contribution in [2.24, 2.45) is 0 Å². The van der Waals surface area contributed by atoms with Gasteiger partial charge in [-0.2, -0.15) is 0 Å². The molecule has 0 bridgehead atoms. The Morgan fingerprint density at radius 2 is 0.907 bits per heavy atom. The van der Waals surface area contributed by atoms with E-state index in [0.717, 1.165) is 11.1 Å². The van der Waals surface area contributed by atoms with Crippen LogP contribution in [-0.4, -0.2) is 71.6 Å². The molecule has 2 N–H and O–H groups in total. The molecule has 2 atom stereocenters. The minimum atomic E-state index is -1.14. The van der Waals surface area contributed by atoms with Gasteiger partial charge in [0.15, 0.2) is 0 Å². The number of hydrogen-bond donors (Lipinski definition) is 2. The second-order valence-corrected chi connectivity index (χ2v) is 15.0. The topological polar surface area (TPSA) is 182 Å². The van der Waals surface area contributed by atoms with Crippen LogP contribution < -0.4 is 10.6 Å². The molecule has 0 saturated heterocycles. The molecule has 2 aromatic carbocycles. The van der Waals surface area contributed by atoms with E-state index in [9.17, 15) is 28.8 Å². The van der Waals surface area contributed by atoms with Crippen molar-refractivity contribution in [2.75, 3.05) is 0 Å². The van der Waals surface area contributed by atoms with E-state index in [0.29, 0.717) is 25.7 Å². The van der Waals surface area contributed by atoms with Gasteiger partial charge < -0.3 is 39.1 Å². The largest absolute Gasteiger partial charge is 0.462 e. The van der Waals surface area contributed by atoms with Crippen molar-refractivity contribution < 1.29 is 57.2 Å². The summed E-state index contributed by atoms with van der Waals surface area (Å²) in [5.74, 6) is -2.53. The smallest absolute Gasteiger partial charge is 0.408 e. The molecule has 0 heterocycles. The van der Waals surface area contributed by atoms with Crippen molar-refractivity contribution in [3.8, 4) is 0 Å². The van der Waals surface area contributed by atoms with Gasteiger partial charge in [0.25, 0.3) is 0 Å². The number of nitrogens with one attached hydrogen (secondary N) is 2. The molecular weight excluding hydrogens is 700 g/mol. The molecule has 1 aliphatic carbocycles. The summed E-state index contributed by atoms with van der Waals surface area (Å²) in [4.78, 5) is 76.3. The minimum Gasteiger partial charge on any atom is -0.462 e. The standard InChI is InChI=1S/C40H54N2O12/c1-39(2,3)53-37(47)41-31(35(45)49-25-27-13-9-7-10-14-27)21-23-33(43)51-29-17-19-30(20-18-29)52-34(44)24-22-32(42-38(48)54-40(4,5)6)36(46)50-26-28-15-11-8-12-16-28/h7-16,29-32H,17-26H2,1-6H3,(H,41,47)(H,42,48)/t29?,30?,31-,32-/m0/s1. The summed E-state index contributed by atoms with van der Waals surface area (Å²) < 4.78 is 32.7. The van der Waals surface area contributed by atoms with E-state index in [1.54, 1.807) is 65.8 Å². The van der Waals surface area contributed by atoms with Gasteiger partial charge in [0.2, 0.25) is 0 Å². The van der Waals surface area contributed by atoms with E-state index in [1.165, 1.54) is 0 Å². The Hall–Kier alpha value is -5.14. The first-order chi connectivity index (χ1) is 25.5. The van der Waals surface area contributed by atoms with Crippen molar-refractivity contribution in [3.63, 3.8) is 0 Å². The Kier molecular flexibility index (Phi) is 16.8. The number of esters is 4. The summed E-state index contributed by atoms with van der Waals surface area (Å²) in [6.45, 7) is 10.1. The summed E-state index contributed by atoms with van der Waals surface area (Å²) in [6, 6.07) is 15.8.